The second-order valence-corrected chi connectivity index (χ2v) is 4.35. The number of aryl methyl sites for hydroxylation is 2. The number of nitrogens with zero attached hydrogens (tertiary/aromatic N) is 4. The number of rotatable bonds is 3. The Hall–Kier alpha value is -1.40. The molecule has 0 amide bonds. The van der Waals surface area contributed by atoms with Crippen LogP contribution in [0.25, 0.3) is 0 Å². The smallest absolute Gasteiger partial charge is 0.192 e. The summed E-state index contributed by atoms with van der Waals surface area (Å²) in [5.74, 6) is 0. The first-order valence-corrected chi connectivity index (χ1v) is 5.60. The molecule has 2 aromatic rings. The van der Waals surface area contributed by atoms with E-state index in [0.717, 1.165) is 21.3 Å². The molecule has 0 aliphatic rings. The van der Waals surface area contributed by atoms with Crippen LogP contribution in [0.3, 0.4) is 0 Å². The van der Waals surface area contributed by atoms with Gasteiger partial charge in [-0.05, 0) is 35.9 Å². The van der Waals surface area contributed by atoms with E-state index in [1.54, 1.807) is 10.9 Å². The lowest BCUT2D eigenvalue weighted by atomic mass is 10.2. The minimum atomic E-state index is 0.0166. The SMILES string of the molecule is Cc1cc(CO)cnc1Sc1ncnn1C. The summed E-state index contributed by atoms with van der Waals surface area (Å²) in [5, 5.41) is 14.7. The summed E-state index contributed by atoms with van der Waals surface area (Å²) in [5.41, 5.74) is 1.85. The van der Waals surface area contributed by atoms with Gasteiger partial charge in [-0.3, -0.25) is 0 Å². The fraction of sp³-hybridized carbons (Fsp3) is 0.300. The summed E-state index contributed by atoms with van der Waals surface area (Å²) < 4.78 is 1.70. The van der Waals surface area contributed by atoms with Gasteiger partial charge in [0.2, 0.25) is 0 Å². The number of aromatic nitrogens is 4. The lowest BCUT2D eigenvalue weighted by Gasteiger charge is -2.05. The molecule has 0 aromatic carbocycles. The lowest BCUT2D eigenvalue weighted by Crippen LogP contribution is -1.95. The van der Waals surface area contributed by atoms with E-state index < -0.39 is 0 Å². The van der Waals surface area contributed by atoms with Gasteiger partial charge in [0.25, 0.3) is 0 Å². The molecule has 6 heteroatoms. The summed E-state index contributed by atoms with van der Waals surface area (Å²) in [7, 11) is 1.84. The predicted octanol–water partition coefficient (Wildman–Crippen LogP) is 1.16. The van der Waals surface area contributed by atoms with Gasteiger partial charge in [0.05, 0.1) is 6.61 Å². The molecule has 0 spiro atoms. The monoisotopic (exact) mass is 236 g/mol. The van der Waals surface area contributed by atoms with Crippen molar-refractivity contribution in [3.05, 3.63) is 29.7 Å². The van der Waals surface area contributed by atoms with Crippen LogP contribution in [-0.4, -0.2) is 24.9 Å². The highest BCUT2D eigenvalue weighted by Crippen LogP contribution is 2.26. The third-order valence-electron chi connectivity index (χ3n) is 2.13. The van der Waals surface area contributed by atoms with Crippen LogP contribution >= 0.6 is 11.8 Å². The molecule has 0 aliphatic heterocycles. The molecule has 5 nitrogen and oxygen atoms in total. The van der Waals surface area contributed by atoms with Crippen molar-refractivity contribution >= 4 is 11.8 Å². The number of pyridine rings is 1. The molecule has 2 heterocycles. The highest BCUT2D eigenvalue weighted by atomic mass is 32.2. The van der Waals surface area contributed by atoms with Crippen molar-refractivity contribution < 1.29 is 5.11 Å². The summed E-state index contributed by atoms with van der Waals surface area (Å²) in [6, 6.07) is 1.92. The van der Waals surface area contributed by atoms with Crippen LogP contribution in [0.1, 0.15) is 11.1 Å². The maximum absolute atomic E-state index is 8.98. The molecule has 16 heavy (non-hydrogen) atoms. The van der Waals surface area contributed by atoms with Crippen LogP contribution in [0.4, 0.5) is 0 Å². The molecule has 1 N–H and O–H groups in total. The largest absolute Gasteiger partial charge is 0.392 e. The van der Waals surface area contributed by atoms with Crippen molar-refractivity contribution in [3.8, 4) is 0 Å². The van der Waals surface area contributed by atoms with E-state index in [2.05, 4.69) is 15.1 Å². The summed E-state index contributed by atoms with van der Waals surface area (Å²) in [6.07, 6.45) is 3.19. The molecule has 0 atom stereocenters. The average molecular weight is 236 g/mol. The Bertz CT molecular complexity index is 497. The van der Waals surface area contributed by atoms with Crippen molar-refractivity contribution in [2.45, 2.75) is 23.7 Å². The van der Waals surface area contributed by atoms with Gasteiger partial charge in [0, 0.05) is 13.2 Å². The minimum absolute atomic E-state index is 0.0166. The quantitative estimate of drug-likeness (QED) is 0.866. The van der Waals surface area contributed by atoms with Crippen LogP contribution in [-0.2, 0) is 13.7 Å². The first kappa shape index (κ1) is 11.1. The molecular formula is C10H12N4OS. The van der Waals surface area contributed by atoms with Crippen LogP contribution in [0.2, 0.25) is 0 Å². The summed E-state index contributed by atoms with van der Waals surface area (Å²) in [4.78, 5) is 8.41. The van der Waals surface area contributed by atoms with E-state index >= 15 is 0 Å². The minimum Gasteiger partial charge on any atom is -0.392 e. The van der Waals surface area contributed by atoms with E-state index in [-0.39, 0.29) is 6.61 Å². The highest BCUT2D eigenvalue weighted by molar-refractivity contribution is 7.99. The van der Waals surface area contributed by atoms with Gasteiger partial charge < -0.3 is 5.11 Å². The standard InChI is InChI=1S/C10H12N4OS/c1-7-3-8(5-15)4-11-9(7)16-10-12-6-13-14(10)2/h3-4,6,15H,5H2,1-2H3. The molecule has 0 bridgehead atoms. The molecule has 0 unspecified atom stereocenters. The molecule has 2 rings (SSSR count). The molecule has 0 saturated heterocycles. The normalized spacial score (nSPS) is 10.7. The van der Waals surface area contributed by atoms with Crippen molar-refractivity contribution in [2.75, 3.05) is 0 Å². The predicted molar refractivity (Wildman–Crippen MR) is 60.0 cm³/mol. The van der Waals surface area contributed by atoms with Crippen LogP contribution in [0, 0.1) is 6.92 Å². The second kappa shape index (κ2) is 4.63. The van der Waals surface area contributed by atoms with Crippen molar-refractivity contribution in [1.82, 2.24) is 19.7 Å². The first-order valence-electron chi connectivity index (χ1n) is 4.79. The second-order valence-electron chi connectivity index (χ2n) is 3.39. The Labute approximate surface area is 97.5 Å². The number of aliphatic hydroxyl groups is 1. The maximum atomic E-state index is 8.98. The molecule has 0 fully saturated rings. The van der Waals surface area contributed by atoms with Crippen LogP contribution < -0.4 is 0 Å². The fourth-order valence-electron chi connectivity index (χ4n) is 1.28. The lowest BCUT2D eigenvalue weighted by molar-refractivity contribution is 0.281. The molecular weight excluding hydrogens is 224 g/mol. The Balaban J connectivity index is 2.25. The zero-order chi connectivity index (χ0) is 11.5. The molecule has 84 valence electrons. The van der Waals surface area contributed by atoms with Gasteiger partial charge in [-0.15, -0.1) is 0 Å². The van der Waals surface area contributed by atoms with Gasteiger partial charge in [-0.25, -0.2) is 14.6 Å². The Morgan fingerprint density at radius 1 is 1.44 bits per heavy atom. The summed E-state index contributed by atoms with van der Waals surface area (Å²) in [6.45, 7) is 1.98. The summed E-state index contributed by atoms with van der Waals surface area (Å²) >= 11 is 1.46. The van der Waals surface area contributed by atoms with Crippen LogP contribution in [0.15, 0.2) is 28.8 Å². The van der Waals surface area contributed by atoms with E-state index in [1.165, 1.54) is 18.1 Å². The van der Waals surface area contributed by atoms with Crippen molar-refractivity contribution in [2.24, 2.45) is 7.05 Å². The third-order valence-corrected chi connectivity index (χ3v) is 3.30. The van der Waals surface area contributed by atoms with Gasteiger partial charge in [0.15, 0.2) is 5.16 Å². The van der Waals surface area contributed by atoms with E-state index in [4.69, 9.17) is 5.11 Å². The average Bonchev–Trinajstić information content (AvgIpc) is 2.67. The first-order chi connectivity index (χ1) is 7.70. The highest BCUT2D eigenvalue weighted by Gasteiger charge is 2.07. The van der Waals surface area contributed by atoms with E-state index in [1.807, 2.05) is 20.0 Å². The van der Waals surface area contributed by atoms with Crippen molar-refractivity contribution in [3.63, 3.8) is 0 Å². The zero-order valence-corrected chi connectivity index (χ0v) is 9.90. The third kappa shape index (κ3) is 2.23. The van der Waals surface area contributed by atoms with Crippen molar-refractivity contribution in [1.29, 1.82) is 0 Å². The maximum Gasteiger partial charge on any atom is 0.192 e. The van der Waals surface area contributed by atoms with Gasteiger partial charge in [-0.2, -0.15) is 5.10 Å². The number of aliphatic hydroxyl groups excluding tert-OH is 1. The van der Waals surface area contributed by atoms with E-state index in [9.17, 15) is 0 Å². The topological polar surface area (TPSA) is 63.8 Å². The number of hydrogen-bond acceptors (Lipinski definition) is 5. The van der Waals surface area contributed by atoms with Crippen LogP contribution in [0.5, 0.6) is 0 Å². The van der Waals surface area contributed by atoms with Gasteiger partial charge >= 0.3 is 0 Å². The fourth-order valence-corrected chi connectivity index (χ4v) is 2.06. The van der Waals surface area contributed by atoms with E-state index in [0.29, 0.717) is 0 Å². The Morgan fingerprint density at radius 2 is 2.25 bits per heavy atom. The van der Waals surface area contributed by atoms with Gasteiger partial charge in [0.1, 0.15) is 11.4 Å². The zero-order valence-electron chi connectivity index (χ0n) is 9.08. The Morgan fingerprint density at radius 3 is 2.81 bits per heavy atom. The number of hydrogen-bond donors (Lipinski definition) is 1. The molecule has 0 saturated carbocycles. The Kier molecular flexibility index (Phi) is 3.21. The molecule has 0 aliphatic carbocycles. The molecule has 0 radical (unpaired) electrons. The van der Waals surface area contributed by atoms with Gasteiger partial charge in [-0.1, -0.05) is 0 Å². The molecule has 2 aromatic heterocycles.